The zero-order valence-corrected chi connectivity index (χ0v) is 10.1. The Labute approximate surface area is 99.8 Å². The molecule has 0 radical (unpaired) electrons. The van der Waals surface area contributed by atoms with Crippen molar-refractivity contribution in [3.8, 4) is 0 Å². The van der Waals surface area contributed by atoms with E-state index in [1.165, 1.54) is 4.90 Å². The zero-order valence-electron chi connectivity index (χ0n) is 9.32. The minimum Gasteiger partial charge on any atom is -0.293 e. The monoisotopic (exact) mass is 236 g/mol. The van der Waals surface area contributed by atoms with Crippen LogP contribution >= 0.6 is 11.8 Å². The van der Waals surface area contributed by atoms with Crippen LogP contribution < -0.4 is 11.3 Å². The number of benzene rings is 1. The lowest BCUT2D eigenvalue weighted by atomic mass is 9.95. The van der Waals surface area contributed by atoms with Crippen LogP contribution in [0.1, 0.15) is 25.3 Å². The predicted octanol–water partition coefficient (Wildman–Crippen LogP) is 1.82. The van der Waals surface area contributed by atoms with Crippen molar-refractivity contribution in [1.82, 2.24) is 5.43 Å². The van der Waals surface area contributed by atoms with E-state index in [0.717, 1.165) is 24.2 Å². The van der Waals surface area contributed by atoms with E-state index in [9.17, 15) is 4.79 Å². The molecule has 1 aromatic carbocycles. The van der Waals surface area contributed by atoms with Crippen molar-refractivity contribution >= 4 is 17.7 Å². The Bertz CT molecular complexity index is 385. The van der Waals surface area contributed by atoms with Gasteiger partial charge in [0.2, 0.25) is 5.91 Å². The van der Waals surface area contributed by atoms with Gasteiger partial charge >= 0.3 is 0 Å². The Morgan fingerprint density at radius 2 is 2.06 bits per heavy atom. The highest BCUT2D eigenvalue weighted by atomic mass is 32.2. The van der Waals surface area contributed by atoms with Gasteiger partial charge in [0.1, 0.15) is 0 Å². The molecule has 16 heavy (non-hydrogen) atoms. The molecule has 0 unspecified atom stereocenters. The number of carbonyl (C=O) groups is 1. The molecular formula is C12H16N2OS. The van der Waals surface area contributed by atoms with Crippen LogP contribution in [0.5, 0.6) is 0 Å². The predicted molar refractivity (Wildman–Crippen MR) is 66.1 cm³/mol. The standard InChI is InChI=1S/C12H16N2OS/c1-2-16-10-5-3-9(4-6-10)12(7-8-12)11(15)14-13/h3-6H,2,7-8,13H2,1H3,(H,14,15). The van der Waals surface area contributed by atoms with Gasteiger partial charge in [0.15, 0.2) is 0 Å². The molecule has 0 spiro atoms. The lowest BCUT2D eigenvalue weighted by Gasteiger charge is -2.13. The normalized spacial score (nSPS) is 16.9. The van der Waals surface area contributed by atoms with E-state index < -0.39 is 0 Å². The molecule has 1 fully saturated rings. The van der Waals surface area contributed by atoms with Crippen molar-refractivity contribution in [3.05, 3.63) is 29.8 Å². The second-order valence-corrected chi connectivity index (χ2v) is 5.35. The van der Waals surface area contributed by atoms with Crippen molar-refractivity contribution < 1.29 is 4.79 Å². The van der Waals surface area contributed by atoms with Gasteiger partial charge in [0.05, 0.1) is 5.41 Å². The van der Waals surface area contributed by atoms with Gasteiger partial charge in [-0.25, -0.2) is 5.84 Å². The fourth-order valence-electron chi connectivity index (χ4n) is 1.95. The van der Waals surface area contributed by atoms with Crippen LogP contribution in [0.25, 0.3) is 0 Å². The maximum atomic E-state index is 11.7. The first kappa shape index (κ1) is 11.5. The van der Waals surface area contributed by atoms with E-state index in [1.807, 2.05) is 12.1 Å². The van der Waals surface area contributed by atoms with Crippen LogP contribution in [0.3, 0.4) is 0 Å². The Hall–Kier alpha value is -1.00. The maximum absolute atomic E-state index is 11.7. The van der Waals surface area contributed by atoms with Crippen LogP contribution in [-0.2, 0) is 10.2 Å². The van der Waals surface area contributed by atoms with Crippen LogP contribution in [0.4, 0.5) is 0 Å². The zero-order chi connectivity index (χ0) is 11.6. The van der Waals surface area contributed by atoms with Gasteiger partial charge in [0, 0.05) is 4.90 Å². The third-order valence-electron chi connectivity index (χ3n) is 3.03. The van der Waals surface area contributed by atoms with E-state index in [0.29, 0.717) is 0 Å². The van der Waals surface area contributed by atoms with Gasteiger partial charge in [-0.15, -0.1) is 11.8 Å². The second kappa shape index (κ2) is 4.47. The molecule has 0 saturated heterocycles. The Morgan fingerprint density at radius 1 is 1.44 bits per heavy atom. The first-order valence-electron chi connectivity index (χ1n) is 5.47. The maximum Gasteiger partial charge on any atom is 0.244 e. The number of amides is 1. The van der Waals surface area contributed by atoms with Crippen LogP contribution in [0.15, 0.2) is 29.2 Å². The fourth-order valence-corrected chi connectivity index (χ4v) is 2.61. The third kappa shape index (κ3) is 1.95. The second-order valence-electron chi connectivity index (χ2n) is 4.01. The molecule has 2 rings (SSSR count). The molecular weight excluding hydrogens is 220 g/mol. The van der Waals surface area contributed by atoms with E-state index in [1.54, 1.807) is 11.8 Å². The fraction of sp³-hybridized carbons (Fsp3) is 0.417. The molecule has 1 aromatic rings. The molecule has 0 aromatic heterocycles. The van der Waals surface area contributed by atoms with Gasteiger partial charge < -0.3 is 0 Å². The van der Waals surface area contributed by atoms with E-state index in [2.05, 4.69) is 24.5 Å². The van der Waals surface area contributed by atoms with Crippen LogP contribution in [0.2, 0.25) is 0 Å². The first-order valence-corrected chi connectivity index (χ1v) is 6.46. The van der Waals surface area contributed by atoms with Crippen molar-refractivity contribution in [3.63, 3.8) is 0 Å². The summed E-state index contributed by atoms with van der Waals surface area (Å²) in [5.74, 6) is 6.21. The largest absolute Gasteiger partial charge is 0.293 e. The minimum atomic E-state index is -0.343. The highest BCUT2D eigenvalue weighted by Crippen LogP contribution is 2.48. The molecule has 0 aliphatic heterocycles. The smallest absolute Gasteiger partial charge is 0.244 e. The highest BCUT2D eigenvalue weighted by molar-refractivity contribution is 7.99. The summed E-state index contributed by atoms with van der Waals surface area (Å²) >= 11 is 1.80. The average molecular weight is 236 g/mol. The van der Waals surface area contributed by atoms with E-state index >= 15 is 0 Å². The first-order chi connectivity index (χ1) is 7.73. The van der Waals surface area contributed by atoms with Crippen LogP contribution in [0, 0.1) is 0 Å². The molecule has 4 heteroatoms. The molecule has 0 bridgehead atoms. The van der Waals surface area contributed by atoms with E-state index in [-0.39, 0.29) is 11.3 Å². The Balaban J connectivity index is 2.19. The summed E-state index contributed by atoms with van der Waals surface area (Å²) in [7, 11) is 0. The summed E-state index contributed by atoms with van der Waals surface area (Å²) in [6, 6.07) is 8.24. The summed E-state index contributed by atoms with van der Waals surface area (Å²) in [5, 5.41) is 0. The quantitative estimate of drug-likeness (QED) is 0.363. The third-order valence-corrected chi connectivity index (χ3v) is 3.93. The molecule has 0 atom stereocenters. The lowest BCUT2D eigenvalue weighted by Crippen LogP contribution is -2.39. The van der Waals surface area contributed by atoms with Gasteiger partial charge in [-0.3, -0.25) is 10.2 Å². The molecule has 3 N–H and O–H groups in total. The Morgan fingerprint density at radius 3 is 2.50 bits per heavy atom. The SMILES string of the molecule is CCSc1ccc(C2(C(=O)NN)CC2)cc1. The number of carbonyl (C=O) groups excluding carboxylic acids is 1. The number of rotatable bonds is 4. The molecule has 1 saturated carbocycles. The minimum absolute atomic E-state index is 0.0663. The summed E-state index contributed by atoms with van der Waals surface area (Å²) < 4.78 is 0. The molecule has 1 amide bonds. The topological polar surface area (TPSA) is 55.1 Å². The molecule has 0 heterocycles. The number of hydrogen-bond acceptors (Lipinski definition) is 3. The number of hydrazine groups is 1. The van der Waals surface area contributed by atoms with Crippen molar-refractivity contribution in [1.29, 1.82) is 0 Å². The average Bonchev–Trinajstić information content (AvgIpc) is 3.11. The van der Waals surface area contributed by atoms with Gasteiger partial charge in [-0.1, -0.05) is 19.1 Å². The number of nitrogens with two attached hydrogens (primary N) is 1. The van der Waals surface area contributed by atoms with Crippen molar-refractivity contribution in [2.75, 3.05) is 5.75 Å². The number of hydrogen-bond donors (Lipinski definition) is 2. The molecule has 1 aliphatic rings. The van der Waals surface area contributed by atoms with E-state index in [4.69, 9.17) is 5.84 Å². The van der Waals surface area contributed by atoms with Gasteiger partial charge in [-0.2, -0.15) is 0 Å². The van der Waals surface area contributed by atoms with Gasteiger partial charge in [-0.05, 0) is 36.3 Å². The molecule has 86 valence electrons. The lowest BCUT2D eigenvalue weighted by molar-refractivity contribution is -0.123. The van der Waals surface area contributed by atoms with Crippen molar-refractivity contribution in [2.24, 2.45) is 5.84 Å². The number of thioether (sulfide) groups is 1. The summed E-state index contributed by atoms with van der Waals surface area (Å²) in [5.41, 5.74) is 3.00. The highest BCUT2D eigenvalue weighted by Gasteiger charge is 2.50. The van der Waals surface area contributed by atoms with Gasteiger partial charge in [0.25, 0.3) is 0 Å². The Kier molecular flexibility index (Phi) is 3.21. The molecule has 1 aliphatic carbocycles. The van der Waals surface area contributed by atoms with Crippen molar-refractivity contribution in [2.45, 2.75) is 30.1 Å². The van der Waals surface area contributed by atoms with Crippen LogP contribution in [-0.4, -0.2) is 11.7 Å². The summed E-state index contributed by atoms with van der Waals surface area (Å²) in [6.07, 6.45) is 1.80. The summed E-state index contributed by atoms with van der Waals surface area (Å²) in [6.45, 7) is 2.13. The molecule has 3 nitrogen and oxygen atoms in total. The summed E-state index contributed by atoms with van der Waals surface area (Å²) in [4.78, 5) is 12.9. The number of nitrogens with one attached hydrogen (secondary N) is 1.